The molecule has 0 aliphatic rings. The van der Waals surface area contributed by atoms with E-state index < -0.39 is 5.97 Å². The number of anilines is 1. The lowest BCUT2D eigenvalue weighted by Gasteiger charge is -2.20. The van der Waals surface area contributed by atoms with Gasteiger partial charge >= 0.3 is 12.0 Å². The third kappa shape index (κ3) is 5.07. The Morgan fingerprint density at radius 1 is 1.19 bits per heavy atom. The maximum absolute atomic E-state index is 12.1. The molecule has 116 valence electrons. The summed E-state index contributed by atoms with van der Waals surface area (Å²) in [6.45, 7) is 3.23. The first-order valence-electron chi connectivity index (χ1n) is 6.82. The Morgan fingerprint density at radius 2 is 1.86 bits per heavy atom. The fourth-order valence-electron chi connectivity index (χ4n) is 1.94. The Hall–Kier alpha value is -2.08. The standard InChI is InChI=1S/C15H23N3O3/c1-11-12(14(19)20)7-5-8-13(11)16-15(21)18(4)10-6-9-17(2)3/h5,7-8H,6,9-10H2,1-4H3,(H,16,21)(H,19,20). The van der Waals surface area contributed by atoms with Gasteiger partial charge in [-0.3, -0.25) is 0 Å². The predicted octanol–water partition coefficient (Wildman–Crippen LogP) is 2.11. The highest BCUT2D eigenvalue weighted by molar-refractivity contribution is 5.95. The lowest BCUT2D eigenvalue weighted by molar-refractivity contribution is 0.0696. The molecule has 0 radical (unpaired) electrons. The van der Waals surface area contributed by atoms with E-state index in [0.29, 0.717) is 17.8 Å². The minimum Gasteiger partial charge on any atom is -0.478 e. The van der Waals surface area contributed by atoms with Crippen LogP contribution >= 0.6 is 0 Å². The molecule has 1 aromatic rings. The van der Waals surface area contributed by atoms with E-state index in [4.69, 9.17) is 5.11 Å². The van der Waals surface area contributed by atoms with Crippen molar-refractivity contribution in [2.24, 2.45) is 0 Å². The minimum absolute atomic E-state index is 0.197. The van der Waals surface area contributed by atoms with Gasteiger partial charge in [-0.15, -0.1) is 0 Å². The summed E-state index contributed by atoms with van der Waals surface area (Å²) in [5.41, 5.74) is 1.28. The van der Waals surface area contributed by atoms with Gasteiger partial charge in [0.1, 0.15) is 0 Å². The highest BCUT2D eigenvalue weighted by Crippen LogP contribution is 2.19. The quantitative estimate of drug-likeness (QED) is 0.842. The van der Waals surface area contributed by atoms with Crippen molar-refractivity contribution >= 4 is 17.7 Å². The van der Waals surface area contributed by atoms with Crippen molar-refractivity contribution in [1.29, 1.82) is 0 Å². The van der Waals surface area contributed by atoms with Crippen LogP contribution in [0.5, 0.6) is 0 Å². The van der Waals surface area contributed by atoms with Crippen LogP contribution in [0.4, 0.5) is 10.5 Å². The second-order valence-electron chi connectivity index (χ2n) is 5.29. The van der Waals surface area contributed by atoms with Crippen molar-refractivity contribution in [2.75, 3.05) is 39.5 Å². The number of amides is 2. The Balaban J connectivity index is 2.66. The first-order chi connectivity index (χ1) is 9.82. The molecule has 0 spiro atoms. The summed E-state index contributed by atoms with van der Waals surface area (Å²) in [4.78, 5) is 26.8. The number of nitrogens with zero attached hydrogens (tertiary/aromatic N) is 2. The molecule has 0 bridgehead atoms. The number of carboxylic acids is 1. The summed E-state index contributed by atoms with van der Waals surface area (Å²) in [6.07, 6.45) is 0.880. The number of hydrogen-bond acceptors (Lipinski definition) is 3. The molecule has 2 amide bonds. The van der Waals surface area contributed by atoms with Gasteiger partial charge in [0.25, 0.3) is 0 Å². The summed E-state index contributed by atoms with van der Waals surface area (Å²) >= 11 is 0. The molecule has 0 saturated heterocycles. The Morgan fingerprint density at radius 3 is 2.43 bits per heavy atom. The lowest BCUT2D eigenvalue weighted by atomic mass is 10.1. The van der Waals surface area contributed by atoms with E-state index in [-0.39, 0.29) is 11.6 Å². The largest absolute Gasteiger partial charge is 0.478 e. The van der Waals surface area contributed by atoms with E-state index in [1.165, 1.54) is 6.07 Å². The van der Waals surface area contributed by atoms with Gasteiger partial charge in [-0.25, -0.2) is 9.59 Å². The van der Waals surface area contributed by atoms with Gasteiger partial charge < -0.3 is 20.2 Å². The fourth-order valence-corrected chi connectivity index (χ4v) is 1.94. The van der Waals surface area contributed by atoms with Gasteiger partial charge in [-0.1, -0.05) is 6.07 Å². The van der Waals surface area contributed by atoms with Gasteiger partial charge in [-0.05, 0) is 51.7 Å². The molecule has 0 saturated carbocycles. The molecule has 0 atom stereocenters. The Bertz CT molecular complexity index is 515. The fraction of sp³-hybridized carbons (Fsp3) is 0.467. The van der Waals surface area contributed by atoms with Crippen LogP contribution in [0.1, 0.15) is 22.3 Å². The van der Waals surface area contributed by atoms with E-state index in [2.05, 4.69) is 10.2 Å². The van der Waals surface area contributed by atoms with Crippen LogP contribution < -0.4 is 5.32 Å². The summed E-state index contributed by atoms with van der Waals surface area (Å²) in [7, 11) is 5.70. The topological polar surface area (TPSA) is 72.9 Å². The van der Waals surface area contributed by atoms with Crippen LogP contribution in [-0.4, -0.2) is 61.1 Å². The first-order valence-corrected chi connectivity index (χ1v) is 6.82. The Kier molecular flexibility index (Phi) is 6.17. The van der Waals surface area contributed by atoms with E-state index >= 15 is 0 Å². The van der Waals surface area contributed by atoms with Crippen LogP contribution in [-0.2, 0) is 0 Å². The molecule has 2 N–H and O–H groups in total. The van der Waals surface area contributed by atoms with Gasteiger partial charge in [0.15, 0.2) is 0 Å². The van der Waals surface area contributed by atoms with Gasteiger partial charge in [0.2, 0.25) is 0 Å². The van der Waals surface area contributed by atoms with Crippen molar-refractivity contribution in [3.05, 3.63) is 29.3 Å². The monoisotopic (exact) mass is 293 g/mol. The summed E-state index contributed by atoms with van der Waals surface area (Å²) in [5.74, 6) is -0.997. The van der Waals surface area contributed by atoms with E-state index in [1.54, 1.807) is 31.0 Å². The zero-order valence-electron chi connectivity index (χ0n) is 13.0. The average molecular weight is 293 g/mol. The van der Waals surface area contributed by atoms with Crippen molar-refractivity contribution in [1.82, 2.24) is 9.80 Å². The number of rotatable bonds is 6. The van der Waals surface area contributed by atoms with E-state index in [9.17, 15) is 9.59 Å². The van der Waals surface area contributed by atoms with Crippen LogP contribution in [0.3, 0.4) is 0 Å². The van der Waals surface area contributed by atoms with E-state index in [0.717, 1.165) is 13.0 Å². The summed E-state index contributed by atoms with van der Waals surface area (Å²) in [5, 5.41) is 11.8. The third-order valence-electron chi connectivity index (χ3n) is 3.25. The summed E-state index contributed by atoms with van der Waals surface area (Å²) in [6, 6.07) is 4.61. The maximum atomic E-state index is 12.1. The lowest BCUT2D eigenvalue weighted by Crippen LogP contribution is -2.33. The second-order valence-corrected chi connectivity index (χ2v) is 5.29. The second kappa shape index (κ2) is 7.64. The number of nitrogens with one attached hydrogen (secondary N) is 1. The number of carboxylic acid groups (broad SMARTS) is 1. The molecule has 6 nitrogen and oxygen atoms in total. The van der Waals surface area contributed by atoms with Crippen LogP contribution in [0.2, 0.25) is 0 Å². The van der Waals surface area contributed by atoms with Crippen LogP contribution in [0.15, 0.2) is 18.2 Å². The zero-order valence-corrected chi connectivity index (χ0v) is 13.0. The normalized spacial score (nSPS) is 10.5. The molecule has 6 heteroatoms. The number of hydrogen-bond donors (Lipinski definition) is 2. The molecular weight excluding hydrogens is 270 g/mol. The van der Waals surface area contributed by atoms with Crippen LogP contribution in [0, 0.1) is 6.92 Å². The molecule has 0 unspecified atom stereocenters. The number of carbonyl (C=O) groups is 2. The van der Waals surface area contributed by atoms with Crippen LogP contribution in [0.25, 0.3) is 0 Å². The van der Waals surface area contributed by atoms with Gasteiger partial charge in [0, 0.05) is 19.3 Å². The first kappa shape index (κ1) is 17.0. The molecule has 0 aromatic heterocycles. The minimum atomic E-state index is -0.997. The zero-order chi connectivity index (χ0) is 16.0. The van der Waals surface area contributed by atoms with Gasteiger partial charge in [0.05, 0.1) is 5.56 Å². The van der Waals surface area contributed by atoms with E-state index in [1.807, 2.05) is 14.1 Å². The van der Waals surface area contributed by atoms with Crippen molar-refractivity contribution in [3.8, 4) is 0 Å². The highest BCUT2D eigenvalue weighted by Gasteiger charge is 2.14. The average Bonchev–Trinajstić information content (AvgIpc) is 2.40. The molecule has 0 aliphatic carbocycles. The van der Waals surface area contributed by atoms with Crippen molar-refractivity contribution in [3.63, 3.8) is 0 Å². The summed E-state index contributed by atoms with van der Waals surface area (Å²) < 4.78 is 0. The molecule has 1 rings (SSSR count). The third-order valence-corrected chi connectivity index (χ3v) is 3.25. The molecule has 21 heavy (non-hydrogen) atoms. The number of aromatic carboxylic acids is 1. The maximum Gasteiger partial charge on any atom is 0.336 e. The molecule has 1 aromatic carbocycles. The van der Waals surface area contributed by atoms with Gasteiger partial charge in [-0.2, -0.15) is 0 Å². The SMILES string of the molecule is Cc1c(NC(=O)N(C)CCCN(C)C)cccc1C(=O)O. The highest BCUT2D eigenvalue weighted by atomic mass is 16.4. The molecule has 0 aliphatic heterocycles. The van der Waals surface area contributed by atoms with Crippen molar-refractivity contribution in [2.45, 2.75) is 13.3 Å². The smallest absolute Gasteiger partial charge is 0.336 e. The molecule has 0 heterocycles. The number of benzene rings is 1. The Labute approximate surface area is 125 Å². The molecular formula is C15H23N3O3. The predicted molar refractivity (Wildman–Crippen MR) is 83.0 cm³/mol. The molecule has 0 fully saturated rings. The number of urea groups is 1. The van der Waals surface area contributed by atoms with Crippen molar-refractivity contribution < 1.29 is 14.7 Å². The number of carbonyl (C=O) groups excluding carboxylic acids is 1.